The Hall–Kier alpha value is -0.730. The summed E-state index contributed by atoms with van der Waals surface area (Å²) in [6.45, 7) is 1.59. The standard InChI is InChI=1S/C10H10BrClFNO4S/c1-6(4-12)5-19(17,18)10-3-8(13)7(11)2-9(10)14(15)16/h2-3,6H,4-5H2,1H3. The van der Waals surface area contributed by atoms with Crippen molar-refractivity contribution >= 4 is 43.1 Å². The SMILES string of the molecule is CC(CCl)CS(=O)(=O)c1cc(F)c(Br)cc1[N+](=O)[O-]. The van der Waals surface area contributed by atoms with Crippen LogP contribution in [0.1, 0.15) is 6.92 Å². The molecule has 19 heavy (non-hydrogen) atoms. The molecule has 0 saturated carbocycles. The number of nitro benzene ring substituents is 1. The van der Waals surface area contributed by atoms with Gasteiger partial charge in [0.2, 0.25) is 0 Å². The van der Waals surface area contributed by atoms with Gasteiger partial charge in [0.15, 0.2) is 9.84 Å². The molecule has 1 aromatic rings. The van der Waals surface area contributed by atoms with Crippen LogP contribution in [0.3, 0.4) is 0 Å². The smallest absolute Gasteiger partial charge is 0.258 e. The van der Waals surface area contributed by atoms with Gasteiger partial charge in [-0.25, -0.2) is 12.8 Å². The van der Waals surface area contributed by atoms with Gasteiger partial charge in [-0.3, -0.25) is 10.1 Å². The van der Waals surface area contributed by atoms with Crippen LogP contribution in [0.2, 0.25) is 0 Å². The van der Waals surface area contributed by atoms with E-state index in [2.05, 4.69) is 15.9 Å². The van der Waals surface area contributed by atoms with Gasteiger partial charge in [0.05, 0.1) is 15.1 Å². The van der Waals surface area contributed by atoms with Gasteiger partial charge in [0.1, 0.15) is 10.7 Å². The van der Waals surface area contributed by atoms with Gasteiger partial charge in [-0.1, -0.05) is 6.92 Å². The quantitative estimate of drug-likeness (QED) is 0.451. The molecule has 1 aromatic carbocycles. The number of nitro groups is 1. The normalized spacial score (nSPS) is 13.3. The number of benzene rings is 1. The molecule has 0 aromatic heterocycles. The minimum Gasteiger partial charge on any atom is -0.258 e. The van der Waals surface area contributed by atoms with Gasteiger partial charge in [0.25, 0.3) is 5.69 Å². The molecule has 0 aliphatic rings. The molecule has 1 atom stereocenters. The predicted molar refractivity (Wildman–Crippen MR) is 72.7 cm³/mol. The molecule has 0 radical (unpaired) electrons. The highest BCUT2D eigenvalue weighted by Crippen LogP contribution is 2.31. The van der Waals surface area contributed by atoms with E-state index in [0.29, 0.717) is 6.07 Å². The topological polar surface area (TPSA) is 77.3 Å². The van der Waals surface area contributed by atoms with Crippen molar-refractivity contribution in [3.63, 3.8) is 0 Å². The zero-order chi connectivity index (χ0) is 14.8. The summed E-state index contributed by atoms with van der Waals surface area (Å²) < 4.78 is 37.3. The fourth-order valence-electron chi connectivity index (χ4n) is 1.42. The van der Waals surface area contributed by atoms with Crippen LogP contribution in [-0.2, 0) is 9.84 Å². The first-order chi connectivity index (χ1) is 8.69. The highest BCUT2D eigenvalue weighted by Gasteiger charge is 2.29. The van der Waals surface area contributed by atoms with Crippen LogP contribution in [0.25, 0.3) is 0 Å². The maximum absolute atomic E-state index is 13.4. The van der Waals surface area contributed by atoms with Crippen molar-refractivity contribution in [2.24, 2.45) is 5.92 Å². The first-order valence-corrected chi connectivity index (χ1v) is 8.09. The summed E-state index contributed by atoms with van der Waals surface area (Å²) in [5.74, 6) is -1.55. The van der Waals surface area contributed by atoms with Gasteiger partial charge in [-0.05, 0) is 21.8 Å². The molecule has 0 aliphatic carbocycles. The molecule has 0 saturated heterocycles. The molecule has 106 valence electrons. The Balaban J connectivity index is 3.40. The number of rotatable bonds is 5. The Morgan fingerprint density at radius 1 is 1.53 bits per heavy atom. The minimum atomic E-state index is -3.97. The van der Waals surface area contributed by atoms with Crippen molar-refractivity contribution in [3.05, 3.63) is 32.5 Å². The molecule has 0 fully saturated rings. The molecule has 9 heteroatoms. The lowest BCUT2D eigenvalue weighted by molar-refractivity contribution is -0.388. The lowest BCUT2D eigenvalue weighted by Crippen LogP contribution is -2.16. The van der Waals surface area contributed by atoms with Crippen LogP contribution in [0.4, 0.5) is 10.1 Å². The van der Waals surface area contributed by atoms with E-state index in [1.165, 1.54) is 0 Å². The second kappa shape index (κ2) is 6.15. The first kappa shape index (κ1) is 16.3. The van der Waals surface area contributed by atoms with Gasteiger partial charge in [-0.15, -0.1) is 11.6 Å². The van der Waals surface area contributed by atoms with Crippen molar-refractivity contribution < 1.29 is 17.7 Å². The Morgan fingerprint density at radius 2 is 2.11 bits per heavy atom. The summed E-state index contributed by atoms with van der Waals surface area (Å²) in [6, 6.07) is 1.49. The summed E-state index contributed by atoms with van der Waals surface area (Å²) in [5, 5.41) is 10.9. The Morgan fingerprint density at radius 3 is 2.58 bits per heavy atom. The zero-order valence-electron chi connectivity index (χ0n) is 9.77. The molecule has 5 nitrogen and oxygen atoms in total. The third-order valence-corrected chi connectivity index (χ3v) is 5.44. The summed E-state index contributed by atoms with van der Waals surface area (Å²) >= 11 is 8.31. The Bertz CT molecular complexity index is 608. The van der Waals surface area contributed by atoms with Crippen molar-refractivity contribution in [3.8, 4) is 0 Å². The number of sulfone groups is 1. The minimum absolute atomic E-state index is 0.0893. The number of alkyl halides is 1. The van der Waals surface area contributed by atoms with Crippen LogP contribution in [0.5, 0.6) is 0 Å². The van der Waals surface area contributed by atoms with E-state index in [4.69, 9.17) is 11.6 Å². The summed E-state index contributed by atoms with van der Waals surface area (Å²) in [5.41, 5.74) is -0.657. The van der Waals surface area contributed by atoms with E-state index in [0.717, 1.165) is 6.07 Å². The zero-order valence-corrected chi connectivity index (χ0v) is 12.9. The predicted octanol–water partition coefficient (Wildman–Crippen LogP) is 3.15. The van der Waals surface area contributed by atoms with E-state index in [1.54, 1.807) is 6.92 Å². The van der Waals surface area contributed by atoms with Crippen molar-refractivity contribution in [1.29, 1.82) is 0 Å². The Labute approximate surface area is 123 Å². The van der Waals surface area contributed by atoms with Gasteiger partial charge < -0.3 is 0 Å². The molecule has 1 unspecified atom stereocenters. The van der Waals surface area contributed by atoms with E-state index in [9.17, 15) is 22.9 Å². The molecular weight excluding hydrogens is 365 g/mol. The molecule has 0 spiro atoms. The van der Waals surface area contributed by atoms with Crippen LogP contribution >= 0.6 is 27.5 Å². The van der Waals surface area contributed by atoms with Crippen molar-refractivity contribution in [2.45, 2.75) is 11.8 Å². The number of nitrogens with zero attached hydrogens (tertiary/aromatic N) is 1. The highest BCUT2D eigenvalue weighted by molar-refractivity contribution is 9.10. The van der Waals surface area contributed by atoms with Crippen LogP contribution in [0, 0.1) is 21.8 Å². The van der Waals surface area contributed by atoms with Gasteiger partial charge >= 0.3 is 0 Å². The second-order valence-corrected chi connectivity index (χ2v) is 7.20. The molecule has 1 rings (SSSR count). The third-order valence-electron chi connectivity index (χ3n) is 2.30. The van der Waals surface area contributed by atoms with Crippen LogP contribution < -0.4 is 0 Å². The van der Waals surface area contributed by atoms with Crippen molar-refractivity contribution in [2.75, 3.05) is 11.6 Å². The molecule has 0 aliphatic heterocycles. The largest absolute Gasteiger partial charge is 0.289 e. The second-order valence-electron chi connectivity index (χ2n) is 4.03. The molecule has 0 bridgehead atoms. The van der Waals surface area contributed by atoms with Gasteiger partial charge in [0, 0.05) is 18.0 Å². The van der Waals surface area contributed by atoms with Crippen LogP contribution in [0.15, 0.2) is 21.5 Å². The Kier molecular flexibility index (Phi) is 5.28. The monoisotopic (exact) mass is 373 g/mol. The maximum atomic E-state index is 13.4. The molecule has 0 N–H and O–H groups in total. The average molecular weight is 375 g/mol. The van der Waals surface area contributed by atoms with E-state index >= 15 is 0 Å². The molecule has 0 heterocycles. The van der Waals surface area contributed by atoms with Crippen LogP contribution in [-0.4, -0.2) is 25.0 Å². The van der Waals surface area contributed by atoms with E-state index in [-0.39, 0.29) is 16.1 Å². The lowest BCUT2D eigenvalue weighted by atomic mass is 10.3. The lowest BCUT2D eigenvalue weighted by Gasteiger charge is -2.09. The maximum Gasteiger partial charge on any atom is 0.289 e. The summed E-state index contributed by atoms with van der Waals surface area (Å²) in [7, 11) is -3.97. The van der Waals surface area contributed by atoms with Gasteiger partial charge in [-0.2, -0.15) is 0 Å². The number of halogens is 3. The highest BCUT2D eigenvalue weighted by atomic mass is 79.9. The molecule has 0 amide bonds. The fourth-order valence-corrected chi connectivity index (χ4v) is 3.77. The number of hydrogen-bond donors (Lipinski definition) is 0. The van der Waals surface area contributed by atoms with E-state index < -0.39 is 37.1 Å². The molecular formula is C10H10BrClFNO4S. The fraction of sp³-hybridized carbons (Fsp3) is 0.400. The summed E-state index contributed by atoms with van der Waals surface area (Å²) in [4.78, 5) is 9.37. The number of hydrogen-bond acceptors (Lipinski definition) is 4. The summed E-state index contributed by atoms with van der Waals surface area (Å²) in [6.07, 6.45) is 0. The van der Waals surface area contributed by atoms with Crippen molar-refractivity contribution in [1.82, 2.24) is 0 Å². The third kappa shape index (κ3) is 3.87. The average Bonchev–Trinajstić information content (AvgIpc) is 2.30. The first-order valence-electron chi connectivity index (χ1n) is 5.11. The van der Waals surface area contributed by atoms with E-state index in [1.807, 2.05) is 0 Å².